The highest BCUT2D eigenvalue weighted by Gasteiger charge is 2.18. The molecule has 0 spiro atoms. The Balaban J connectivity index is 1.97. The SMILES string of the molecule is CCCCN(Cc1ccc(Br)cc1Cl)CC1CCCN1. The van der Waals surface area contributed by atoms with E-state index in [1.54, 1.807) is 0 Å². The van der Waals surface area contributed by atoms with Crippen LogP contribution in [0.25, 0.3) is 0 Å². The monoisotopic (exact) mass is 358 g/mol. The second kappa shape index (κ2) is 8.38. The van der Waals surface area contributed by atoms with E-state index >= 15 is 0 Å². The highest BCUT2D eigenvalue weighted by atomic mass is 79.9. The molecule has 0 saturated carbocycles. The Morgan fingerprint density at radius 2 is 2.30 bits per heavy atom. The Labute approximate surface area is 136 Å². The molecule has 0 amide bonds. The Hall–Kier alpha value is -0.0900. The molecule has 1 heterocycles. The zero-order chi connectivity index (χ0) is 14.4. The lowest BCUT2D eigenvalue weighted by Crippen LogP contribution is -2.37. The summed E-state index contributed by atoms with van der Waals surface area (Å²) in [6.45, 7) is 6.65. The minimum atomic E-state index is 0.654. The van der Waals surface area contributed by atoms with Crippen molar-refractivity contribution >= 4 is 27.5 Å². The van der Waals surface area contributed by atoms with E-state index in [2.05, 4.69) is 45.2 Å². The topological polar surface area (TPSA) is 15.3 Å². The lowest BCUT2D eigenvalue weighted by molar-refractivity contribution is 0.237. The van der Waals surface area contributed by atoms with Gasteiger partial charge in [0.2, 0.25) is 0 Å². The van der Waals surface area contributed by atoms with Gasteiger partial charge in [-0.05, 0) is 50.0 Å². The summed E-state index contributed by atoms with van der Waals surface area (Å²) in [4.78, 5) is 2.54. The van der Waals surface area contributed by atoms with Gasteiger partial charge in [-0.1, -0.05) is 46.9 Å². The van der Waals surface area contributed by atoms with Crippen molar-refractivity contribution in [2.45, 2.75) is 45.2 Å². The Morgan fingerprint density at radius 1 is 1.45 bits per heavy atom. The number of nitrogens with zero attached hydrogens (tertiary/aromatic N) is 1. The normalized spacial score (nSPS) is 18.9. The summed E-state index contributed by atoms with van der Waals surface area (Å²) in [7, 11) is 0. The molecule has 0 radical (unpaired) electrons. The summed E-state index contributed by atoms with van der Waals surface area (Å²) in [5, 5.41) is 4.45. The van der Waals surface area contributed by atoms with Gasteiger partial charge in [0, 0.05) is 28.6 Å². The number of hydrogen-bond acceptors (Lipinski definition) is 2. The molecule has 0 aromatic heterocycles. The van der Waals surface area contributed by atoms with Crippen LogP contribution in [0.1, 0.15) is 38.2 Å². The predicted octanol–water partition coefficient (Wildman–Crippen LogP) is 4.46. The summed E-state index contributed by atoms with van der Waals surface area (Å²) >= 11 is 9.82. The fraction of sp³-hybridized carbons (Fsp3) is 0.625. The van der Waals surface area contributed by atoms with Crippen molar-refractivity contribution in [3.05, 3.63) is 33.3 Å². The maximum absolute atomic E-state index is 6.35. The van der Waals surface area contributed by atoms with Gasteiger partial charge in [-0.3, -0.25) is 4.90 Å². The molecule has 0 aliphatic carbocycles. The molecule has 1 N–H and O–H groups in total. The molecule has 1 aromatic rings. The van der Waals surface area contributed by atoms with Gasteiger partial charge >= 0.3 is 0 Å². The Morgan fingerprint density at radius 3 is 2.95 bits per heavy atom. The van der Waals surface area contributed by atoms with Crippen molar-refractivity contribution in [1.82, 2.24) is 10.2 Å². The zero-order valence-electron chi connectivity index (χ0n) is 12.2. The van der Waals surface area contributed by atoms with E-state index in [-0.39, 0.29) is 0 Å². The highest BCUT2D eigenvalue weighted by molar-refractivity contribution is 9.10. The third-order valence-electron chi connectivity index (χ3n) is 3.88. The maximum Gasteiger partial charge on any atom is 0.0462 e. The minimum Gasteiger partial charge on any atom is -0.313 e. The minimum absolute atomic E-state index is 0.654. The standard InChI is InChI=1S/C16H24BrClN2/c1-2-3-9-20(12-15-5-4-8-19-15)11-13-6-7-14(17)10-16(13)18/h6-7,10,15,19H,2-5,8-9,11-12H2,1H3. The first-order valence-corrected chi connectivity index (χ1v) is 8.76. The van der Waals surface area contributed by atoms with Gasteiger partial charge < -0.3 is 5.32 Å². The molecule has 1 atom stereocenters. The average Bonchev–Trinajstić information content (AvgIpc) is 2.92. The van der Waals surface area contributed by atoms with E-state index < -0.39 is 0 Å². The van der Waals surface area contributed by atoms with Gasteiger partial charge in [-0.15, -0.1) is 0 Å². The fourth-order valence-electron chi connectivity index (χ4n) is 2.73. The van der Waals surface area contributed by atoms with E-state index in [0.717, 1.165) is 29.1 Å². The highest BCUT2D eigenvalue weighted by Crippen LogP contribution is 2.23. The first-order valence-electron chi connectivity index (χ1n) is 7.58. The van der Waals surface area contributed by atoms with Gasteiger partial charge in [0.25, 0.3) is 0 Å². The maximum atomic E-state index is 6.35. The van der Waals surface area contributed by atoms with E-state index in [1.807, 2.05) is 6.07 Å². The van der Waals surface area contributed by atoms with Crippen LogP contribution >= 0.6 is 27.5 Å². The van der Waals surface area contributed by atoms with E-state index in [4.69, 9.17) is 11.6 Å². The van der Waals surface area contributed by atoms with Crippen LogP contribution in [0.3, 0.4) is 0 Å². The Bertz CT molecular complexity index is 419. The predicted molar refractivity (Wildman–Crippen MR) is 90.4 cm³/mol. The number of hydrogen-bond donors (Lipinski definition) is 1. The molecule has 2 rings (SSSR count). The molecule has 0 bridgehead atoms. The van der Waals surface area contributed by atoms with Crippen molar-refractivity contribution in [1.29, 1.82) is 0 Å². The van der Waals surface area contributed by atoms with Gasteiger partial charge in [-0.25, -0.2) is 0 Å². The van der Waals surface area contributed by atoms with Gasteiger partial charge in [0.1, 0.15) is 0 Å². The lowest BCUT2D eigenvalue weighted by atomic mass is 10.1. The van der Waals surface area contributed by atoms with Gasteiger partial charge in [0.15, 0.2) is 0 Å². The number of nitrogens with one attached hydrogen (secondary N) is 1. The molecule has 20 heavy (non-hydrogen) atoms. The second-order valence-electron chi connectivity index (χ2n) is 5.62. The molecule has 1 saturated heterocycles. The summed E-state index contributed by atoms with van der Waals surface area (Å²) in [5.41, 5.74) is 1.23. The molecular weight excluding hydrogens is 336 g/mol. The van der Waals surface area contributed by atoms with Crippen LogP contribution in [0.15, 0.2) is 22.7 Å². The average molecular weight is 360 g/mol. The van der Waals surface area contributed by atoms with Crippen LogP contribution in [0.5, 0.6) is 0 Å². The summed E-state index contributed by atoms with van der Waals surface area (Å²) in [6, 6.07) is 6.85. The van der Waals surface area contributed by atoms with Crippen LogP contribution in [0.2, 0.25) is 5.02 Å². The van der Waals surface area contributed by atoms with Crippen LogP contribution in [0, 0.1) is 0 Å². The molecule has 1 aliphatic heterocycles. The molecule has 1 aliphatic rings. The third-order valence-corrected chi connectivity index (χ3v) is 4.72. The number of rotatable bonds is 7. The van der Waals surface area contributed by atoms with Crippen molar-refractivity contribution in [3.8, 4) is 0 Å². The van der Waals surface area contributed by atoms with E-state index in [9.17, 15) is 0 Å². The summed E-state index contributed by atoms with van der Waals surface area (Å²) in [6.07, 6.45) is 5.10. The van der Waals surface area contributed by atoms with Crippen LogP contribution in [-0.4, -0.2) is 30.6 Å². The number of halogens is 2. The van der Waals surface area contributed by atoms with Crippen molar-refractivity contribution in [2.75, 3.05) is 19.6 Å². The molecule has 2 nitrogen and oxygen atoms in total. The summed E-state index contributed by atoms with van der Waals surface area (Å²) < 4.78 is 1.05. The molecule has 1 aromatic carbocycles. The number of benzene rings is 1. The molecular formula is C16H24BrClN2. The second-order valence-corrected chi connectivity index (χ2v) is 6.94. The smallest absolute Gasteiger partial charge is 0.0462 e. The van der Waals surface area contributed by atoms with Crippen molar-refractivity contribution in [2.24, 2.45) is 0 Å². The van der Waals surface area contributed by atoms with Crippen molar-refractivity contribution < 1.29 is 0 Å². The van der Waals surface area contributed by atoms with Crippen molar-refractivity contribution in [3.63, 3.8) is 0 Å². The van der Waals surface area contributed by atoms with Crippen LogP contribution < -0.4 is 5.32 Å². The largest absolute Gasteiger partial charge is 0.313 e. The van der Waals surface area contributed by atoms with Gasteiger partial charge in [-0.2, -0.15) is 0 Å². The van der Waals surface area contributed by atoms with E-state index in [0.29, 0.717) is 6.04 Å². The lowest BCUT2D eigenvalue weighted by Gasteiger charge is -2.26. The first kappa shape index (κ1) is 16.3. The molecule has 1 fully saturated rings. The summed E-state index contributed by atoms with van der Waals surface area (Å²) in [5.74, 6) is 0. The first-order chi connectivity index (χ1) is 9.69. The van der Waals surface area contributed by atoms with Crippen LogP contribution in [-0.2, 0) is 6.54 Å². The Kier molecular flexibility index (Phi) is 6.82. The van der Waals surface area contributed by atoms with Crippen LogP contribution in [0.4, 0.5) is 0 Å². The number of unbranched alkanes of at least 4 members (excludes halogenated alkanes) is 1. The third kappa shape index (κ3) is 5.03. The molecule has 4 heteroatoms. The molecule has 112 valence electrons. The van der Waals surface area contributed by atoms with Gasteiger partial charge in [0.05, 0.1) is 0 Å². The fourth-order valence-corrected chi connectivity index (χ4v) is 3.46. The molecule has 1 unspecified atom stereocenters. The zero-order valence-corrected chi connectivity index (χ0v) is 14.5. The quantitative estimate of drug-likeness (QED) is 0.773. The van der Waals surface area contributed by atoms with E-state index in [1.165, 1.54) is 37.8 Å².